The topological polar surface area (TPSA) is 45.2 Å². The predicted molar refractivity (Wildman–Crippen MR) is 124 cm³/mol. The highest BCUT2D eigenvalue weighted by atomic mass is 32.2. The van der Waals surface area contributed by atoms with E-state index in [9.17, 15) is 4.79 Å². The lowest BCUT2D eigenvalue weighted by atomic mass is 9.97. The number of fused-ring (bicyclic) bond motifs is 1. The van der Waals surface area contributed by atoms with Crippen LogP contribution in [0.25, 0.3) is 10.2 Å². The van der Waals surface area contributed by atoms with Crippen LogP contribution in [0.4, 0.5) is 5.69 Å². The van der Waals surface area contributed by atoms with Crippen molar-refractivity contribution in [3.05, 3.63) is 66.2 Å². The Balaban J connectivity index is 1.30. The molecule has 1 aromatic heterocycles. The summed E-state index contributed by atoms with van der Waals surface area (Å²) in [5.41, 5.74) is 1.98. The molecule has 1 aliphatic heterocycles. The van der Waals surface area contributed by atoms with Gasteiger partial charge in [-0.15, -0.1) is 29.7 Å². The van der Waals surface area contributed by atoms with Crippen LogP contribution in [0.1, 0.15) is 23.8 Å². The van der Waals surface area contributed by atoms with Crippen LogP contribution in [0.5, 0.6) is 0 Å². The average molecular weight is 424 g/mol. The first-order valence-electron chi connectivity index (χ1n) is 9.93. The zero-order chi connectivity index (χ0) is 20.1. The van der Waals surface area contributed by atoms with Gasteiger partial charge in [0.1, 0.15) is 0 Å². The fourth-order valence-corrected chi connectivity index (χ4v) is 5.52. The maximum atomic E-state index is 12.6. The average Bonchev–Trinajstić information content (AvgIpc) is 3.18. The number of nitrogens with one attached hydrogen (secondary N) is 1. The number of likely N-dealkylation sites (tertiary alicyclic amines) is 1. The highest BCUT2D eigenvalue weighted by Crippen LogP contribution is 2.33. The quantitative estimate of drug-likeness (QED) is 0.409. The van der Waals surface area contributed by atoms with Crippen molar-refractivity contribution in [1.29, 1.82) is 0 Å². The fourth-order valence-electron chi connectivity index (χ4n) is 3.64. The summed E-state index contributed by atoms with van der Waals surface area (Å²) >= 11 is 3.49. The van der Waals surface area contributed by atoms with Crippen molar-refractivity contribution in [3.8, 4) is 0 Å². The molecule has 4 nitrogen and oxygen atoms in total. The van der Waals surface area contributed by atoms with Crippen LogP contribution >= 0.6 is 23.1 Å². The third kappa shape index (κ3) is 5.07. The summed E-state index contributed by atoms with van der Waals surface area (Å²) in [6.07, 6.45) is 3.98. The van der Waals surface area contributed by atoms with Crippen LogP contribution in [0.15, 0.2) is 66.1 Å². The summed E-state index contributed by atoms with van der Waals surface area (Å²) in [6, 6.07) is 16.3. The van der Waals surface area contributed by atoms with Gasteiger partial charge >= 0.3 is 0 Å². The van der Waals surface area contributed by atoms with Crippen LogP contribution in [0, 0.1) is 0 Å². The number of aromatic nitrogens is 1. The van der Waals surface area contributed by atoms with Gasteiger partial charge in [-0.2, -0.15) is 0 Å². The molecule has 1 aliphatic rings. The van der Waals surface area contributed by atoms with Gasteiger partial charge in [0.25, 0.3) is 0 Å². The van der Waals surface area contributed by atoms with E-state index < -0.39 is 0 Å². The largest absolute Gasteiger partial charge is 0.324 e. The van der Waals surface area contributed by atoms with E-state index in [4.69, 9.17) is 4.98 Å². The van der Waals surface area contributed by atoms with E-state index in [1.807, 2.05) is 47.7 Å². The molecule has 29 heavy (non-hydrogen) atoms. The van der Waals surface area contributed by atoms with Crippen LogP contribution in [0.3, 0.4) is 0 Å². The molecule has 0 bridgehead atoms. The minimum absolute atomic E-state index is 0.0510. The van der Waals surface area contributed by atoms with Crippen LogP contribution in [0.2, 0.25) is 0 Å². The summed E-state index contributed by atoms with van der Waals surface area (Å²) in [5, 5.41) is 4.32. The van der Waals surface area contributed by atoms with Crippen molar-refractivity contribution >= 4 is 44.9 Å². The lowest BCUT2D eigenvalue weighted by Crippen LogP contribution is -2.38. The summed E-state index contributed by atoms with van der Waals surface area (Å²) in [5.74, 6) is 1.38. The van der Waals surface area contributed by atoms with E-state index in [-0.39, 0.29) is 5.91 Å². The Bertz CT molecular complexity index is 959. The number of piperidine rings is 1. The second-order valence-electron chi connectivity index (χ2n) is 7.21. The molecule has 0 unspecified atom stereocenters. The molecule has 0 aliphatic carbocycles. The number of rotatable bonds is 7. The summed E-state index contributed by atoms with van der Waals surface area (Å²) in [4.78, 5) is 20.7. The second kappa shape index (κ2) is 9.57. The fraction of sp³-hybridized carbons (Fsp3) is 0.304. The zero-order valence-electron chi connectivity index (χ0n) is 16.3. The third-order valence-electron chi connectivity index (χ3n) is 5.13. The molecule has 1 N–H and O–H groups in total. The maximum absolute atomic E-state index is 12.6. The molecule has 0 atom stereocenters. The smallest absolute Gasteiger partial charge is 0.238 e. The van der Waals surface area contributed by atoms with Gasteiger partial charge in [-0.25, -0.2) is 4.98 Å². The van der Waals surface area contributed by atoms with E-state index >= 15 is 0 Å². The van der Waals surface area contributed by atoms with Gasteiger partial charge < -0.3 is 5.32 Å². The molecule has 4 rings (SSSR count). The Morgan fingerprint density at radius 3 is 2.76 bits per heavy atom. The van der Waals surface area contributed by atoms with Gasteiger partial charge in [0.15, 0.2) is 0 Å². The molecular weight excluding hydrogens is 398 g/mol. The molecule has 1 saturated heterocycles. The number of carbonyl (C=O) groups excluding carboxylic acids is 1. The van der Waals surface area contributed by atoms with Crippen LogP contribution < -0.4 is 5.32 Å². The molecule has 2 aromatic carbocycles. The van der Waals surface area contributed by atoms with E-state index in [1.165, 1.54) is 9.71 Å². The molecule has 6 heteroatoms. The van der Waals surface area contributed by atoms with Gasteiger partial charge in [-0.3, -0.25) is 9.69 Å². The minimum atomic E-state index is 0.0510. The lowest BCUT2D eigenvalue weighted by molar-refractivity contribution is -0.117. The molecule has 0 radical (unpaired) electrons. The highest BCUT2D eigenvalue weighted by molar-refractivity contribution is 7.99. The molecule has 0 saturated carbocycles. The van der Waals surface area contributed by atoms with Crippen molar-refractivity contribution in [2.45, 2.75) is 23.7 Å². The first kappa shape index (κ1) is 20.1. The molecule has 2 heterocycles. The van der Waals surface area contributed by atoms with Gasteiger partial charge in [0.2, 0.25) is 5.91 Å². The normalized spacial score (nSPS) is 15.4. The molecule has 0 spiro atoms. The molecule has 1 fully saturated rings. The Hall–Kier alpha value is -2.15. The first-order valence-corrected chi connectivity index (χ1v) is 11.7. The third-order valence-corrected chi connectivity index (χ3v) is 7.40. The van der Waals surface area contributed by atoms with Gasteiger partial charge in [0, 0.05) is 16.6 Å². The molecule has 150 valence electrons. The molecular formula is C23H25N3OS2. The van der Waals surface area contributed by atoms with Crippen molar-refractivity contribution in [1.82, 2.24) is 9.88 Å². The van der Waals surface area contributed by atoms with Crippen LogP contribution in [-0.2, 0) is 4.79 Å². The van der Waals surface area contributed by atoms with Gasteiger partial charge in [-0.05, 0) is 50.2 Å². The Morgan fingerprint density at radius 1 is 1.21 bits per heavy atom. The molecule has 1 amide bonds. The SMILES string of the molecule is C=CCSc1ccccc1NC(=O)CN1CCC(c2nc3ccccc3s2)CC1. The molecule has 3 aromatic rings. The number of nitrogens with zero attached hydrogens (tertiary/aromatic N) is 2. The number of hydrogen-bond donors (Lipinski definition) is 1. The predicted octanol–water partition coefficient (Wildman–Crippen LogP) is 5.39. The Kier molecular flexibility index (Phi) is 6.64. The summed E-state index contributed by atoms with van der Waals surface area (Å²) in [7, 11) is 0. The van der Waals surface area contributed by atoms with E-state index in [2.05, 4.69) is 35.0 Å². The maximum Gasteiger partial charge on any atom is 0.238 e. The number of para-hydroxylation sites is 2. The van der Waals surface area contributed by atoms with Crippen molar-refractivity contribution < 1.29 is 4.79 Å². The minimum Gasteiger partial charge on any atom is -0.324 e. The van der Waals surface area contributed by atoms with E-state index in [1.54, 1.807) is 11.8 Å². The number of thiazole rings is 1. The Morgan fingerprint density at radius 2 is 1.97 bits per heavy atom. The van der Waals surface area contributed by atoms with Gasteiger partial charge in [-0.1, -0.05) is 30.3 Å². The van der Waals surface area contributed by atoms with Crippen LogP contribution in [-0.4, -0.2) is 41.2 Å². The second-order valence-corrected chi connectivity index (χ2v) is 9.34. The monoisotopic (exact) mass is 423 g/mol. The van der Waals surface area contributed by atoms with E-state index in [0.29, 0.717) is 12.5 Å². The van der Waals surface area contributed by atoms with Crippen molar-refractivity contribution in [2.24, 2.45) is 0 Å². The number of anilines is 1. The first-order chi connectivity index (χ1) is 14.2. The van der Waals surface area contributed by atoms with Gasteiger partial charge in [0.05, 0.1) is 27.5 Å². The standard InChI is InChI=1S/C23H25N3OS2/c1-2-15-28-20-9-5-3-7-18(20)24-22(27)16-26-13-11-17(12-14-26)23-25-19-8-4-6-10-21(19)29-23/h2-10,17H,1,11-16H2,(H,24,27). The number of hydrogen-bond acceptors (Lipinski definition) is 5. The van der Waals surface area contributed by atoms with Crippen molar-refractivity contribution in [3.63, 3.8) is 0 Å². The lowest BCUT2D eigenvalue weighted by Gasteiger charge is -2.30. The number of thioether (sulfide) groups is 1. The summed E-state index contributed by atoms with van der Waals surface area (Å²) in [6.45, 7) is 6.07. The van der Waals surface area contributed by atoms with Crippen molar-refractivity contribution in [2.75, 3.05) is 30.7 Å². The number of carbonyl (C=O) groups is 1. The zero-order valence-corrected chi connectivity index (χ0v) is 18.0. The Labute approximate surface area is 180 Å². The summed E-state index contributed by atoms with van der Waals surface area (Å²) < 4.78 is 1.26. The number of benzene rings is 2. The number of amides is 1. The van der Waals surface area contributed by atoms with E-state index in [0.717, 1.165) is 47.8 Å². The highest BCUT2D eigenvalue weighted by Gasteiger charge is 2.24.